The van der Waals surface area contributed by atoms with E-state index in [1.54, 1.807) is 12.1 Å². The molecule has 6 heteroatoms. The summed E-state index contributed by atoms with van der Waals surface area (Å²) < 4.78 is 0. The van der Waals surface area contributed by atoms with Crippen molar-refractivity contribution >= 4 is 51.5 Å². The van der Waals surface area contributed by atoms with Gasteiger partial charge in [0.2, 0.25) is 0 Å². The minimum absolute atomic E-state index is 0. The van der Waals surface area contributed by atoms with E-state index >= 15 is 0 Å². The van der Waals surface area contributed by atoms with Crippen LogP contribution in [0.5, 0.6) is 5.75 Å². The number of nitrogens with one attached hydrogen (secondary N) is 1. The SMILES string of the molecule is CCN(CC)CCCC(C)Nc1c2ccc(Cl)cc2nc2ccc(O)cc12.Cl. The van der Waals surface area contributed by atoms with Gasteiger partial charge in [-0.05, 0) is 75.8 Å². The third kappa shape index (κ3) is 5.19. The lowest BCUT2D eigenvalue weighted by molar-refractivity contribution is 0.295. The monoisotopic (exact) mass is 421 g/mol. The number of aromatic nitrogens is 1. The van der Waals surface area contributed by atoms with E-state index in [2.05, 4.69) is 31.0 Å². The molecule has 0 fully saturated rings. The van der Waals surface area contributed by atoms with Crippen molar-refractivity contribution in [1.29, 1.82) is 0 Å². The molecule has 1 atom stereocenters. The Morgan fingerprint density at radius 2 is 1.82 bits per heavy atom. The van der Waals surface area contributed by atoms with Crippen molar-refractivity contribution in [3.8, 4) is 5.75 Å². The maximum Gasteiger partial charge on any atom is 0.116 e. The second-order valence-corrected chi connectivity index (χ2v) is 7.50. The molecule has 2 aromatic carbocycles. The van der Waals surface area contributed by atoms with Crippen molar-refractivity contribution in [2.45, 2.75) is 39.7 Å². The molecule has 0 saturated carbocycles. The zero-order chi connectivity index (χ0) is 19.4. The van der Waals surface area contributed by atoms with E-state index in [9.17, 15) is 5.11 Å². The van der Waals surface area contributed by atoms with Gasteiger partial charge in [-0.1, -0.05) is 25.4 Å². The number of phenolic OH excluding ortho intramolecular Hbond substituents is 1. The minimum atomic E-state index is 0. The van der Waals surface area contributed by atoms with Crippen molar-refractivity contribution in [2.75, 3.05) is 25.0 Å². The molecule has 0 spiro atoms. The first-order valence-electron chi connectivity index (χ1n) is 9.72. The predicted octanol–water partition coefficient (Wildman–Crippen LogP) is 6.09. The molecule has 4 nitrogen and oxygen atoms in total. The molecule has 3 rings (SSSR count). The van der Waals surface area contributed by atoms with Crippen molar-refractivity contribution in [3.05, 3.63) is 41.4 Å². The van der Waals surface area contributed by atoms with Crippen molar-refractivity contribution < 1.29 is 5.11 Å². The summed E-state index contributed by atoms with van der Waals surface area (Å²) in [5.74, 6) is 0.245. The third-order valence-electron chi connectivity index (χ3n) is 5.12. The zero-order valence-corrected chi connectivity index (χ0v) is 18.3. The minimum Gasteiger partial charge on any atom is -0.508 e. The Bertz CT molecular complexity index is 928. The number of anilines is 1. The van der Waals surface area contributed by atoms with Crippen LogP contribution < -0.4 is 5.32 Å². The van der Waals surface area contributed by atoms with Gasteiger partial charge in [-0.3, -0.25) is 0 Å². The van der Waals surface area contributed by atoms with Gasteiger partial charge < -0.3 is 15.3 Å². The van der Waals surface area contributed by atoms with E-state index in [1.165, 1.54) is 0 Å². The van der Waals surface area contributed by atoms with Gasteiger partial charge in [0.05, 0.1) is 16.7 Å². The molecule has 0 bridgehead atoms. The summed E-state index contributed by atoms with van der Waals surface area (Å²) in [7, 11) is 0. The molecule has 1 aromatic heterocycles. The molecular formula is C22H29Cl2N3O. The Morgan fingerprint density at radius 3 is 2.54 bits per heavy atom. The number of hydrogen-bond acceptors (Lipinski definition) is 4. The number of fused-ring (bicyclic) bond motifs is 2. The molecule has 2 N–H and O–H groups in total. The molecule has 0 amide bonds. The number of pyridine rings is 1. The van der Waals surface area contributed by atoms with Crippen LogP contribution >= 0.6 is 24.0 Å². The predicted molar refractivity (Wildman–Crippen MR) is 123 cm³/mol. The number of hydrogen-bond donors (Lipinski definition) is 2. The van der Waals surface area contributed by atoms with E-state index in [4.69, 9.17) is 16.6 Å². The quantitative estimate of drug-likeness (QED) is 0.431. The highest BCUT2D eigenvalue weighted by Crippen LogP contribution is 2.34. The lowest BCUT2D eigenvalue weighted by Crippen LogP contribution is -2.25. The molecule has 0 aliphatic carbocycles. The summed E-state index contributed by atoms with van der Waals surface area (Å²) in [6, 6.07) is 11.4. The van der Waals surface area contributed by atoms with Crippen molar-refractivity contribution in [3.63, 3.8) is 0 Å². The first-order valence-corrected chi connectivity index (χ1v) is 10.1. The van der Waals surface area contributed by atoms with Crippen LogP contribution in [0, 0.1) is 0 Å². The van der Waals surface area contributed by atoms with Crippen LogP contribution in [-0.4, -0.2) is 40.7 Å². The maximum absolute atomic E-state index is 9.98. The van der Waals surface area contributed by atoms with E-state index < -0.39 is 0 Å². The van der Waals surface area contributed by atoms with Crippen LogP contribution in [0.2, 0.25) is 5.02 Å². The number of phenols is 1. The largest absolute Gasteiger partial charge is 0.508 e. The van der Waals surface area contributed by atoms with E-state index in [0.29, 0.717) is 11.1 Å². The zero-order valence-electron chi connectivity index (χ0n) is 16.7. The molecule has 0 aliphatic rings. The van der Waals surface area contributed by atoms with Crippen LogP contribution in [0.1, 0.15) is 33.6 Å². The van der Waals surface area contributed by atoms with Crippen LogP contribution in [0.3, 0.4) is 0 Å². The summed E-state index contributed by atoms with van der Waals surface area (Å²) >= 11 is 6.17. The van der Waals surface area contributed by atoms with Gasteiger partial charge in [-0.2, -0.15) is 0 Å². The van der Waals surface area contributed by atoms with E-state index in [-0.39, 0.29) is 18.2 Å². The van der Waals surface area contributed by atoms with Crippen LogP contribution in [0.4, 0.5) is 5.69 Å². The summed E-state index contributed by atoms with van der Waals surface area (Å²) in [5, 5.41) is 16.3. The molecule has 152 valence electrons. The van der Waals surface area contributed by atoms with Gasteiger partial charge in [0.25, 0.3) is 0 Å². The Hall–Kier alpha value is -1.75. The number of benzene rings is 2. The summed E-state index contributed by atoms with van der Waals surface area (Å²) in [5.41, 5.74) is 2.72. The Kier molecular flexibility index (Phi) is 8.17. The molecule has 0 aliphatic heterocycles. The summed E-state index contributed by atoms with van der Waals surface area (Å²) in [6.45, 7) is 9.93. The number of rotatable bonds is 8. The molecule has 0 radical (unpaired) electrons. The van der Waals surface area contributed by atoms with E-state index in [1.807, 2.05) is 24.3 Å². The van der Waals surface area contributed by atoms with Crippen LogP contribution in [0.25, 0.3) is 21.8 Å². The highest BCUT2D eigenvalue weighted by molar-refractivity contribution is 6.31. The average molecular weight is 422 g/mol. The van der Waals surface area contributed by atoms with Gasteiger partial charge in [-0.15, -0.1) is 12.4 Å². The maximum atomic E-state index is 9.98. The number of aromatic hydroxyl groups is 1. The Morgan fingerprint density at radius 1 is 1.07 bits per heavy atom. The lowest BCUT2D eigenvalue weighted by atomic mass is 10.1. The van der Waals surface area contributed by atoms with Gasteiger partial charge in [0.15, 0.2) is 0 Å². The molecule has 3 aromatic rings. The van der Waals surface area contributed by atoms with Gasteiger partial charge in [0, 0.05) is 21.8 Å². The van der Waals surface area contributed by atoms with Gasteiger partial charge in [0.1, 0.15) is 5.75 Å². The standard InChI is InChI=1S/C22H28ClN3O.ClH/c1-4-26(5-2)12-6-7-15(3)24-22-18-10-8-16(23)13-21(18)25-20-11-9-17(27)14-19(20)22;/h8-11,13-15,27H,4-7,12H2,1-3H3,(H,24,25);1H. The molecule has 28 heavy (non-hydrogen) atoms. The van der Waals surface area contributed by atoms with Crippen LogP contribution in [-0.2, 0) is 0 Å². The lowest BCUT2D eigenvalue weighted by Gasteiger charge is -2.21. The average Bonchev–Trinajstić information content (AvgIpc) is 2.65. The molecule has 1 unspecified atom stereocenters. The molecule has 0 saturated heterocycles. The topological polar surface area (TPSA) is 48.4 Å². The fraction of sp³-hybridized carbons (Fsp3) is 0.409. The molecular weight excluding hydrogens is 393 g/mol. The van der Waals surface area contributed by atoms with Crippen LogP contribution in [0.15, 0.2) is 36.4 Å². The van der Waals surface area contributed by atoms with Gasteiger partial charge in [-0.25, -0.2) is 4.98 Å². The smallest absolute Gasteiger partial charge is 0.116 e. The number of halogens is 2. The second kappa shape index (κ2) is 10.1. The highest BCUT2D eigenvalue weighted by atomic mass is 35.5. The Balaban J connectivity index is 0.00000280. The van der Waals surface area contributed by atoms with E-state index in [0.717, 1.165) is 60.0 Å². The first kappa shape index (κ1) is 22.5. The first-order chi connectivity index (χ1) is 13.0. The Labute approximate surface area is 178 Å². The summed E-state index contributed by atoms with van der Waals surface area (Å²) in [6.07, 6.45) is 2.22. The number of nitrogens with zero attached hydrogens (tertiary/aromatic N) is 2. The van der Waals surface area contributed by atoms with Crippen molar-refractivity contribution in [2.24, 2.45) is 0 Å². The molecule has 1 heterocycles. The van der Waals surface area contributed by atoms with Gasteiger partial charge >= 0.3 is 0 Å². The second-order valence-electron chi connectivity index (χ2n) is 7.06. The fourth-order valence-electron chi connectivity index (χ4n) is 3.54. The summed E-state index contributed by atoms with van der Waals surface area (Å²) in [4.78, 5) is 7.16. The third-order valence-corrected chi connectivity index (χ3v) is 5.35. The fourth-order valence-corrected chi connectivity index (χ4v) is 3.71. The highest BCUT2D eigenvalue weighted by Gasteiger charge is 2.13. The normalized spacial score (nSPS) is 12.3. The van der Waals surface area contributed by atoms with Crippen molar-refractivity contribution in [1.82, 2.24) is 9.88 Å².